The Kier molecular flexibility index (Phi) is 3.09. The molecule has 5 nitrogen and oxygen atoms in total. The van der Waals surface area contributed by atoms with Crippen LogP contribution in [-0.4, -0.2) is 24.9 Å². The summed E-state index contributed by atoms with van der Waals surface area (Å²) < 4.78 is 24.6. The van der Waals surface area contributed by atoms with Crippen LogP contribution in [0.15, 0.2) is 17.2 Å². The topological polar surface area (TPSA) is 68.2 Å². The molecule has 0 aliphatic heterocycles. The van der Waals surface area contributed by atoms with Crippen LogP contribution in [0.1, 0.15) is 48.6 Å². The molecule has 0 spiro atoms. The first kappa shape index (κ1) is 13.0. The molecule has 0 bridgehead atoms. The average molecular weight is 303 g/mol. The zero-order chi connectivity index (χ0) is 13.6. The summed E-state index contributed by atoms with van der Waals surface area (Å²) in [5.74, 6) is -0.207. The van der Waals surface area contributed by atoms with Gasteiger partial charge in [0.05, 0.1) is 0 Å². The summed E-state index contributed by atoms with van der Waals surface area (Å²) in [6.07, 6.45) is 6.52. The molecule has 1 aromatic rings. The van der Waals surface area contributed by atoms with Crippen molar-refractivity contribution >= 4 is 25.6 Å². The van der Waals surface area contributed by atoms with Crippen molar-refractivity contribution in [3.8, 4) is 0 Å². The van der Waals surface area contributed by atoms with E-state index in [1.807, 2.05) is 0 Å². The molecular formula is C12H15ClN2O3S. The van der Waals surface area contributed by atoms with Crippen molar-refractivity contribution in [3.05, 3.63) is 18.0 Å². The van der Waals surface area contributed by atoms with Crippen LogP contribution in [0, 0.1) is 0 Å². The van der Waals surface area contributed by atoms with E-state index < -0.39 is 9.05 Å². The molecule has 7 heteroatoms. The van der Waals surface area contributed by atoms with Gasteiger partial charge in [0.25, 0.3) is 15.0 Å². The minimum atomic E-state index is -3.80. The van der Waals surface area contributed by atoms with Crippen LogP contribution < -0.4 is 5.32 Å². The SMILES string of the molecule is O=C(NC1CC1)c1cc(S(=O)(=O)Cl)cn1C1CCC1. The minimum Gasteiger partial charge on any atom is -0.348 e. The predicted molar refractivity (Wildman–Crippen MR) is 70.8 cm³/mol. The Labute approximate surface area is 116 Å². The van der Waals surface area contributed by atoms with Gasteiger partial charge in [-0.05, 0) is 38.2 Å². The molecule has 3 rings (SSSR count). The lowest BCUT2D eigenvalue weighted by Crippen LogP contribution is -2.29. The van der Waals surface area contributed by atoms with Crippen molar-refractivity contribution in [1.82, 2.24) is 9.88 Å². The van der Waals surface area contributed by atoms with E-state index in [0.717, 1.165) is 32.1 Å². The molecule has 2 saturated carbocycles. The van der Waals surface area contributed by atoms with Crippen LogP contribution in [-0.2, 0) is 9.05 Å². The maximum Gasteiger partial charge on any atom is 0.268 e. The summed E-state index contributed by atoms with van der Waals surface area (Å²) in [6, 6.07) is 1.83. The number of hydrogen-bond acceptors (Lipinski definition) is 3. The molecule has 19 heavy (non-hydrogen) atoms. The first-order valence-corrected chi connectivity index (χ1v) is 8.73. The number of nitrogens with zero attached hydrogens (tertiary/aromatic N) is 1. The number of amides is 1. The summed E-state index contributed by atoms with van der Waals surface area (Å²) >= 11 is 0. The zero-order valence-electron chi connectivity index (χ0n) is 10.3. The Hall–Kier alpha value is -1.01. The Bertz CT molecular complexity index is 615. The standard InChI is InChI=1S/C12H15ClN2O3S/c13-19(17,18)10-6-11(12(16)14-8-4-5-8)15(7-10)9-2-1-3-9/h6-9H,1-5H2,(H,14,16). The normalized spacial score (nSPS) is 20.1. The van der Waals surface area contributed by atoms with E-state index in [9.17, 15) is 13.2 Å². The van der Waals surface area contributed by atoms with Crippen LogP contribution in [0.4, 0.5) is 0 Å². The van der Waals surface area contributed by atoms with Gasteiger partial charge < -0.3 is 9.88 Å². The lowest BCUT2D eigenvalue weighted by atomic mass is 9.93. The number of hydrogen-bond donors (Lipinski definition) is 1. The van der Waals surface area contributed by atoms with E-state index >= 15 is 0 Å². The molecule has 1 heterocycles. The first-order valence-electron chi connectivity index (χ1n) is 6.42. The highest BCUT2D eigenvalue weighted by Gasteiger charge is 2.30. The second-order valence-electron chi connectivity index (χ2n) is 5.24. The van der Waals surface area contributed by atoms with Crippen LogP contribution in [0.5, 0.6) is 0 Å². The third-order valence-electron chi connectivity index (χ3n) is 3.72. The Morgan fingerprint density at radius 3 is 2.47 bits per heavy atom. The average Bonchev–Trinajstić information content (AvgIpc) is 2.91. The molecule has 2 fully saturated rings. The van der Waals surface area contributed by atoms with E-state index in [-0.39, 0.29) is 22.9 Å². The maximum absolute atomic E-state index is 12.1. The summed E-state index contributed by atoms with van der Waals surface area (Å²) in [5.41, 5.74) is 0.399. The monoisotopic (exact) mass is 302 g/mol. The van der Waals surface area contributed by atoms with Gasteiger partial charge in [0.1, 0.15) is 10.6 Å². The highest BCUT2D eigenvalue weighted by atomic mass is 35.7. The quantitative estimate of drug-likeness (QED) is 0.865. The fraction of sp³-hybridized carbons (Fsp3) is 0.583. The molecule has 0 aromatic carbocycles. The Morgan fingerprint density at radius 2 is 2.00 bits per heavy atom. The molecule has 2 aliphatic carbocycles. The van der Waals surface area contributed by atoms with Gasteiger partial charge in [-0.15, -0.1) is 0 Å². The van der Waals surface area contributed by atoms with Crippen molar-refractivity contribution in [3.63, 3.8) is 0 Å². The second-order valence-corrected chi connectivity index (χ2v) is 7.80. The maximum atomic E-state index is 12.1. The molecule has 0 saturated heterocycles. The molecule has 1 N–H and O–H groups in total. The third kappa shape index (κ3) is 2.65. The zero-order valence-corrected chi connectivity index (χ0v) is 11.9. The Morgan fingerprint density at radius 1 is 1.32 bits per heavy atom. The molecule has 0 radical (unpaired) electrons. The number of carbonyl (C=O) groups is 1. The molecule has 0 unspecified atom stereocenters. The number of nitrogens with one attached hydrogen (secondary N) is 1. The van der Waals surface area contributed by atoms with Crippen LogP contribution in [0.25, 0.3) is 0 Å². The highest BCUT2D eigenvalue weighted by Crippen LogP contribution is 2.35. The number of aromatic nitrogens is 1. The van der Waals surface area contributed by atoms with Crippen molar-refractivity contribution in [1.29, 1.82) is 0 Å². The van der Waals surface area contributed by atoms with Crippen molar-refractivity contribution in [2.75, 3.05) is 0 Å². The van der Waals surface area contributed by atoms with Gasteiger partial charge in [0.2, 0.25) is 0 Å². The molecular weight excluding hydrogens is 288 g/mol. The summed E-state index contributed by atoms with van der Waals surface area (Å²) in [7, 11) is 1.56. The second kappa shape index (κ2) is 4.52. The smallest absolute Gasteiger partial charge is 0.268 e. The molecule has 1 aromatic heterocycles. The fourth-order valence-corrected chi connectivity index (χ4v) is 2.97. The van der Waals surface area contributed by atoms with Gasteiger partial charge >= 0.3 is 0 Å². The summed E-state index contributed by atoms with van der Waals surface area (Å²) in [5, 5.41) is 2.88. The molecule has 1 amide bonds. The minimum absolute atomic E-state index is 0.00186. The van der Waals surface area contributed by atoms with E-state index in [4.69, 9.17) is 10.7 Å². The van der Waals surface area contributed by atoms with Gasteiger partial charge in [-0.2, -0.15) is 0 Å². The lowest BCUT2D eigenvalue weighted by Gasteiger charge is -2.28. The van der Waals surface area contributed by atoms with Gasteiger partial charge in [-0.3, -0.25) is 4.79 Å². The van der Waals surface area contributed by atoms with Gasteiger partial charge in [-0.1, -0.05) is 0 Å². The highest BCUT2D eigenvalue weighted by molar-refractivity contribution is 8.13. The largest absolute Gasteiger partial charge is 0.348 e. The summed E-state index contributed by atoms with van der Waals surface area (Å²) in [6.45, 7) is 0. The van der Waals surface area contributed by atoms with Crippen molar-refractivity contribution < 1.29 is 13.2 Å². The third-order valence-corrected chi connectivity index (χ3v) is 5.04. The first-order chi connectivity index (χ1) is 8.95. The number of halogens is 1. The fourth-order valence-electron chi connectivity index (χ4n) is 2.22. The predicted octanol–water partition coefficient (Wildman–Crippen LogP) is 2.03. The van der Waals surface area contributed by atoms with E-state index in [0.29, 0.717) is 5.69 Å². The number of carbonyl (C=O) groups excluding carboxylic acids is 1. The van der Waals surface area contributed by atoms with Gasteiger partial charge in [0, 0.05) is 29.0 Å². The molecule has 104 valence electrons. The lowest BCUT2D eigenvalue weighted by molar-refractivity contribution is 0.0936. The summed E-state index contributed by atoms with van der Waals surface area (Å²) in [4.78, 5) is 12.1. The van der Waals surface area contributed by atoms with Crippen molar-refractivity contribution in [2.45, 2.75) is 49.1 Å². The van der Waals surface area contributed by atoms with Gasteiger partial charge in [0.15, 0.2) is 0 Å². The van der Waals surface area contributed by atoms with Crippen LogP contribution in [0.2, 0.25) is 0 Å². The van der Waals surface area contributed by atoms with Crippen LogP contribution >= 0.6 is 10.7 Å². The molecule has 0 atom stereocenters. The van der Waals surface area contributed by atoms with Crippen LogP contribution in [0.3, 0.4) is 0 Å². The van der Waals surface area contributed by atoms with Gasteiger partial charge in [-0.25, -0.2) is 8.42 Å². The number of rotatable bonds is 4. The van der Waals surface area contributed by atoms with E-state index in [1.54, 1.807) is 4.57 Å². The Balaban J connectivity index is 1.94. The van der Waals surface area contributed by atoms with Crippen molar-refractivity contribution in [2.24, 2.45) is 0 Å². The van der Waals surface area contributed by atoms with E-state index in [2.05, 4.69) is 5.32 Å². The van der Waals surface area contributed by atoms with E-state index in [1.165, 1.54) is 12.3 Å². The molecule has 2 aliphatic rings.